The number of carbonyl (C=O) groups is 1. The molecule has 43 heavy (non-hydrogen) atoms. The van der Waals surface area contributed by atoms with E-state index in [4.69, 9.17) is 18.9 Å². The molecule has 0 bridgehead atoms. The zero-order chi connectivity index (χ0) is 31.9. The highest BCUT2D eigenvalue weighted by Gasteiger charge is 2.50. The van der Waals surface area contributed by atoms with Gasteiger partial charge < -0.3 is 54.7 Å². The van der Waals surface area contributed by atoms with Crippen LogP contribution in [0.5, 0.6) is 0 Å². The van der Waals surface area contributed by atoms with Crippen LogP contribution in [-0.2, 0) is 23.7 Å². The quantitative estimate of drug-likeness (QED) is 0.0618. The third-order valence-corrected chi connectivity index (χ3v) is 8.37. The van der Waals surface area contributed by atoms with E-state index < -0.39 is 80.4 Å². The minimum absolute atomic E-state index is 0.109. The third kappa shape index (κ3) is 11.9. The number of esters is 1. The second kappa shape index (κ2) is 20.0. The van der Waals surface area contributed by atoms with E-state index in [1.165, 1.54) is 6.42 Å². The van der Waals surface area contributed by atoms with Gasteiger partial charge in [-0.15, -0.1) is 0 Å². The molecular weight excluding hydrogens is 564 g/mol. The van der Waals surface area contributed by atoms with Crippen molar-refractivity contribution in [3.63, 3.8) is 0 Å². The van der Waals surface area contributed by atoms with Crippen LogP contribution >= 0.6 is 0 Å². The molecule has 12 atom stereocenters. The number of ether oxygens (including phenoxy) is 4. The number of carbonyl (C=O) groups excluding carboxylic acids is 1. The van der Waals surface area contributed by atoms with Crippen molar-refractivity contribution in [2.24, 2.45) is 5.92 Å². The summed E-state index contributed by atoms with van der Waals surface area (Å²) < 4.78 is 22.1. The van der Waals surface area contributed by atoms with E-state index in [1.807, 2.05) is 6.92 Å². The Kier molecular flexibility index (Phi) is 17.7. The first-order chi connectivity index (χ1) is 20.5. The fourth-order valence-corrected chi connectivity index (χ4v) is 5.61. The normalized spacial score (nSPS) is 34.7. The van der Waals surface area contributed by atoms with Crippen molar-refractivity contribution >= 4 is 5.97 Å². The predicted octanol–water partition coefficient (Wildman–Crippen LogP) is 1.09. The van der Waals surface area contributed by atoms with Gasteiger partial charge in [0.25, 0.3) is 0 Å². The molecule has 0 aromatic rings. The number of allylic oxidation sites excluding steroid dienone is 1. The van der Waals surface area contributed by atoms with Gasteiger partial charge in [0.1, 0.15) is 42.7 Å². The summed E-state index contributed by atoms with van der Waals surface area (Å²) in [6.45, 7) is 4.40. The number of aliphatic hydroxyl groups is 7. The molecule has 12 nitrogen and oxygen atoms in total. The molecular formula is C31H56O12. The zero-order valence-corrected chi connectivity index (χ0v) is 25.9. The molecule has 2 fully saturated rings. The van der Waals surface area contributed by atoms with Crippen molar-refractivity contribution in [3.05, 3.63) is 12.2 Å². The molecule has 2 heterocycles. The van der Waals surface area contributed by atoms with Crippen LogP contribution in [0.15, 0.2) is 12.2 Å². The Morgan fingerprint density at radius 3 is 2.14 bits per heavy atom. The van der Waals surface area contributed by atoms with Gasteiger partial charge in [-0.05, 0) is 39.5 Å². The topological polar surface area (TPSA) is 196 Å². The summed E-state index contributed by atoms with van der Waals surface area (Å²) in [6.07, 6.45) is 0.597. The summed E-state index contributed by atoms with van der Waals surface area (Å²) >= 11 is 0. The summed E-state index contributed by atoms with van der Waals surface area (Å²) in [7, 11) is 0. The van der Waals surface area contributed by atoms with Gasteiger partial charge in [0.15, 0.2) is 12.4 Å². The fourth-order valence-electron chi connectivity index (χ4n) is 5.61. The minimum Gasteiger partial charge on any atom is -0.457 e. The van der Waals surface area contributed by atoms with Gasteiger partial charge in [0.05, 0.1) is 25.4 Å². The Labute approximate surface area is 255 Å². The maximum atomic E-state index is 12.5. The lowest BCUT2D eigenvalue weighted by molar-refractivity contribution is -0.340. The van der Waals surface area contributed by atoms with Crippen LogP contribution in [0.2, 0.25) is 0 Å². The molecule has 2 aliphatic rings. The van der Waals surface area contributed by atoms with Crippen LogP contribution < -0.4 is 0 Å². The Morgan fingerprint density at radius 1 is 0.837 bits per heavy atom. The first-order valence-electron chi connectivity index (χ1n) is 16.0. The van der Waals surface area contributed by atoms with E-state index in [0.717, 1.165) is 51.4 Å². The maximum Gasteiger partial charge on any atom is 0.306 e. The van der Waals surface area contributed by atoms with Gasteiger partial charge in [0, 0.05) is 12.3 Å². The lowest BCUT2D eigenvalue weighted by atomic mass is 9.95. The van der Waals surface area contributed by atoms with Crippen molar-refractivity contribution in [1.29, 1.82) is 0 Å². The molecule has 252 valence electrons. The number of hydrogen-bond acceptors (Lipinski definition) is 12. The molecule has 2 saturated heterocycles. The molecule has 2 aliphatic heterocycles. The van der Waals surface area contributed by atoms with Gasteiger partial charge in [-0.2, -0.15) is 0 Å². The highest BCUT2D eigenvalue weighted by atomic mass is 16.7. The van der Waals surface area contributed by atoms with Crippen molar-refractivity contribution < 1.29 is 59.5 Å². The molecule has 2 rings (SSSR count). The zero-order valence-electron chi connectivity index (χ0n) is 25.9. The first-order valence-corrected chi connectivity index (χ1v) is 16.0. The molecule has 0 saturated carbocycles. The molecule has 7 N–H and O–H groups in total. The van der Waals surface area contributed by atoms with Crippen LogP contribution in [0.25, 0.3) is 0 Å². The number of unbranched alkanes of at least 4 members (excludes halogenated alkanes) is 7. The average molecular weight is 621 g/mol. The Morgan fingerprint density at radius 2 is 1.49 bits per heavy atom. The van der Waals surface area contributed by atoms with E-state index >= 15 is 0 Å². The Bertz CT molecular complexity index is 793. The molecule has 12 heteroatoms. The van der Waals surface area contributed by atoms with Crippen LogP contribution in [0.1, 0.15) is 91.4 Å². The van der Waals surface area contributed by atoms with Gasteiger partial charge in [-0.3, -0.25) is 4.79 Å². The highest BCUT2D eigenvalue weighted by Crippen LogP contribution is 2.30. The Balaban J connectivity index is 1.71. The summed E-state index contributed by atoms with van der Waals surface area (Å²) in [4.78, 5) is 12.5. The van der Waals surface area contributed by atoms with Crippen molar-refractivity contribution in [1.82, 2.24) is 0 Å². The Hall–Kier alpha value is -1.19. The van der Waals surface area contributed by atoms with Crippen molar-refractivity contribution in [3.8, 4) is 0 Å². The molecule has 0 radical (unpaired) electrons. The summed E-state index contributed by atoms with van der Waals surface area (Å²) in [5.74, 6) is -0.385. The van der Waals surface area contributed by atoms with Gasteiger partial charge >= 0.3 is 5.97 Å². The van der Waals surface area contributed by atoms with E-state index in [9.17, 15) is 40.5 Å². The average Bonchev–Trinajstić information content (AvgIpc) is 2.98. The second-order valence-corrected chi connectivity index (χ2v) is 11.9. The molecule has 0 amide bonds. The lowest BCUT2D eigenvalue weighted by Gasteiger charge is -2.46. The molecule has 0 aliphatic carbocycles. The largest absolute Gasteiger partial charge is 0.457 e. The maximum absolute atomic E-state index is 12.5. The number of hydrogen-bond donors (Lipinski definition) is 7. The summed E-state index contributed by atoms with van der Waals surface area (Å²) in [5.41, 5.74) is 0. The van der Waals surface area contributed by atoms with E-state index in [1.54, 1.807) is 6.92 Å². The van der Waals surface area contributed by atoms with E-state index in [-0.39, 0.29) is 18.4 Å². The van der Waals surface area contributed by atoms with Gasteiger partial charge in [-0.1, -0.05) is 57.6 Å². The summed E-state index contributed by atoms with van der Waals surface area (Å²) in [5, 5.41) is 71.0. The smallest absolute Gasteiger partial charge is 0.306 e. The monoisotopic (exact) mass is 620 g/mol. The third-order valence-electron chi connectivity index (χ3n) is 8.37. The van der Waals surface area contributed by atoms with Crippen LogP contribution in [0.4, 0.5) is 0 Å². The van der Waals surface area contributed by atoms with Crippen LogP contribution in [-0.4, -0.2) is 122 Å². The van der Waals surface area contributed by atoms with Gasteiger partial charge in [0.2, 0.25) is 0 Å². The van der Waals surface area contributed by atoms with E-state index in [2.05, 4.69) is 19.1 Å². The van der Waals surface area contributed by atoms with Crippen molar-refractivity contribution in [2.75, 3.05) is 13.2 Å². The van der Waals surface area contributed by atoms with Crippen LogP contribution in [0, 0.1) is 5.92 Å². The minimum atomic E-state index is -1.69. The summed E-state index contributed by atoms with van der Waals surface area (Å²) in [6, 6.07) is 0. The number of rotatable bonds is 19. The van der Waals surface area contributed by atoms with Crippen LogP contribution in [0.3, 0.4) is 0 Å². The molecule has 0 aromatic carbocycles. The second-order valence-electron chi connectivity index (χ2n) is 11.9. The van der Waals surface area contributed by atoms with Crippen molar-refractivity contribution in [2.45, 2.75) is 159 Å². The number of aliphatic hydroxyl groups excluding tert-OH is 7. The lowest BCUT2D eigenvalue weighted by Crippen LogP contribution is -2.64. The SMILES string of the molecule is CCCCCC(/C=C/CCCCCCCC(=O)O[C@@H]1C(CO)O[C@@H](OC2[C@H](C)OC(CO)[C@@H](O)[C@@H]2O)C(O)[C@H]1O)C(C)O. The molecule has 6 unspecified atom stereocenters. The fraction of sp³-hybridized carbons (Fsp3) is 0.903. The first kappa shape index (κ1) is 38.0. The molecule has 0 spiro atoms. The van der Waals surface area contributed by atoms with E-state index in [0.29, 0.717) is 6.42 Å². The molecule has 0 aromatic heterocycles. The predicted molar refractivity (Wildman–Crippen MR) is 157 cm³/mol. The standard InChI is InChI=1S/C31H56O12/c1-4-5-11-14-21(19(2)34)15-12-9-7-6-8-10-13-16-24(35)42-30-23(18-33)41-31(28(39)27(30)38)43-29-20(3)40-22(17-32)25(36)26(29)37/h12,15,19-23,25-34,36-39H,4-11,13-14,16-18H2,1-3H3/b15-12+/t19?,20-,21?,22?,23?,25+,26-,27+,28?,29?,30+,31-/m0/s1. The van der Waals surface area contributed by atoms with Gasteiger partial charge in [-0.25, -0.2) is 0 Å². The highest BCUT2D eigenvalue weighted by molar-refractivity contribution is 5.69.